The third kappa shape index (κ3) is 3.99. The number of hydrogen-bond acceptors (Lipinski definition) is 4. The smallest absolute Gasteiger partial charge is 0.324 e. The Morgan fingerprint density at radius 1 is 1.21 bits per heavy atom. The molecule has 2 aromatic heterocycles. The topological polar surface area (TPSA) is 86.0 Å². The number of benzene rings is 1. The van der Waals surface area contributed by atoms with E-state index in [1.807, 2.05) is 30.3 Å². The summed E-state index contributed by atoms with van der Waals surface area (Å²) in [6.07, 6.45) is 5.10. The average molecular weight is 326 g/mol. The number of carbonyl (C=O) groups is 1. The van der Waals surface area contributed by atoms with Crippen molar-refractivity contribution in [2.45, 2.75) is 6.54 Å². The van der Waals surface area contributed by atoms with Crippen LogP contribution in [0.2, 0.25) is 0 Å². The van der Waals surface area contributed by atoms with Crippen LogP contribution in [0.3, 0.4) is 0 Å². The quantitative estimate of drug-likeness (QED) is 0.728. The van der Waals surface area contributed by atoms with Crippen molar-refractivity contribution in [1.29, 1.82) is 0 Å². The molecule has 0 radical (unpaired) electrons. The maximum absolute atomic E-state index is 12.0. The molecule has 2 heterocycles. The average Bonchev–Trinajstić information content (AvgIpc) is 3.23. The van der Waals surface area contributed by atoms with Gasteiger partial charge in [-0.1, -0.05) is 18.2 Å². The van der Waals surface area contributed by atoms with Gasteiger partial charge < -0.3 is 10.1 Å². The minimum atomic E-state index is -0.375. The van der Waals surface area contributed by atoms with Gasteiger partial charge in [-0.3, -0.25) is 10.00 Å². The maximum Gasteiger partial charge on any atom is 0.324 e. The van der Waals surface area contributed by atoms with Crippen LogP contribution in [0.4, 0.5) is 16.3 Å². The lowest BCUT2D eigenvalue weighted by Crippen LogP contribution is -2.19. The summed E-state index contributed by atoms with van der Waals surface area (Å²) in [5, 5.41) is 13.8. The lowest BCUT2D eigenvalue weighted by atomic mass is 10.3. The number of para-hydroxylation sites is 1. The van der Waals surface area contributed by atoms with Gasteiger partial charge >= 0.3 is 6.03 Å². The summed E-state index contributed by atoms with van der Waals surface area (Å²) in [4.78, 5) is 12.0. The minimum absolute atomic E-state index is 0.375. The molecule has 8 nitrogen and oxygen atoms in total. The minimum Gasteiger partial charge on any atom is -0.383 e. The summed E-state index contributed by atoms with van der Waals surface area (Å²) in [6, 6.07) is 11.0. The molecule has 0 fully saturated rings. The number of nitrogens with zero attached hydrogens (tertiary/aromatic N) is 4. The number of ether oxygens (including phenoxy) is 1. The monoisotopic (exact) mass is 326 g/mol. The fourth-order valence-corrected chi connectivity index (χ4v) is 2.13. The van der Waals surface area contributed by atoms with E-state index in [0.29, 0.717) is 24.7 Å². The third-order valence-electron chi connectivity index (χ3n) is 3.27. The van der Waals surface area contributed by atoms with E-state index in [4.69, 9.17) is 4.74 Å². The van der Waals surface area contributed by atoms with Crippen molar-refractivity contribution in [3.63, 3.8) is 0 Å². The molecular formula is C16H18N6O2. The zero-order valence-electron chi connectivity index (χ0n) is 13.2. The van der Waals surface area contributed by atoms with Crippen LogP contribution >= 0.6 is 0 Å². The highest BCUT2D eigenvalue weighted by molar-refractivity contribution is 5.98. The van der Waals surface area contributed by atoms with Crippen molar-refractivity contribution in [2.24, 2.45) is 0 Å². The van der Waals surface area contributed by atoms with E-state index in [-0.39, 0.29) is 6.03 Å². The zero-order valence-corrected chi connectivity index (χ0v) is 13.2. The van der Waals surface area contributed by atoms with Gasteiger partial charge in [-0.25, -0.2) is 9.48 Å². The number of hydrogen-bond donors (Lipinski definition) is 2. The molecule has 3 rings (SSSR count). The molecule has 0 atom stereocenters. The van der Waals surface area contributed by atoms with Gasteiger partial charge in [-0.05, 0) is 12.1 Å². The highest BCUT2D eigenvalue weighted by Crippen LogP contribution is 2.11. The van der Waals surface area contributed by atoms with Crippen molar-refractivity contribution in [3.05, 3.63) is 55.0 Å². The fraction of sp³-hybridized carbons (Fsp3) is 0.188. The first-order valence-electron chi connectivity index (χ1n) is 7.45. The van der Waals surface area contributed by atoms with E-state index in [2.05, 4.69) is 20.8 Å². The second-order valence-electron chi connectivity index (χ2n) is 5.05. The highest BCUT2D eigenvalue weighted by atomic mass is 16.5. The molecule has 0 aliphatic carbocycles. The number of anilines is 2. The normalized spacial score (nSPS) is 10.5. The number of amides is 2. The Hall–Kier alpha value is -3.13. The molecule has 0 unspecified atom stereocenters. The second-order valence-corrected chi connectivity index (χ2v) is 5.05. The van der Waals surface area contributed by atoms with E-state index in [0.717, 1.165) is 5.69 Å². The summed E-state index contributed by atoms with van der Waals surface area (Å²) < 4.78 is 8.37. The van der Waals surface area contributed by atoms with E-state index in [1.54, 1.807) is 41.1 Å². The highest BCUT2D eigenvalue weighted by Gasteiger charge is 2.07. The number of aromatic nitrogens is 4. The summed E-state index contributed by atoms with van der Waals surface area (Å²) in [6.45, 7) is 1.19. The molecule has 0 saturated heterocycles. The lowest BCUT2D eigenvalue weighted by Gasteiger charge is -2.03. The van der Waals surface area contributed by atoms with Crippen LogP contribution in [-0.2, 0) is 11.3 Å². The van der Waals surface area contributed by atoms with Gasteiger partial charge in [-0.2, -0.15) is 5.10 Å². The van der Waals surface area contributed by atoms with Crippen molar-refractivity contribution < 1.29 is 9.53 Å². The molecule has 3 aromatic rings. The standard InChI is InChI=1S/C16H18N6O2/c1-24-10-9-21-12-13(11-17-21)18-16(23)19-15-7-8-22(20-15)14-5-3-2-4-6-14/h2-8,11-12H,9-10H2,1H3,(H2,18,19,20,23). The van der Waals surface area contributed by atoms with E-state index in [9.17, 15) is 4.79 Å². The molecule has 0 aliphatic heterocycles. The molecule has 0 bridgehead atoms. The van der Waals surface area contributed by atoms with Crippen molar-refractivity contribution >= 4 is 17.5 Å². The van der Waals surface area contributed by atoms with Gasteiger partial charge in [0.15, 0.2) is 5.82 Å². The SMILES string of the molecule is COCCn1cc(NC(=O)Nc2ccn(-c3ccccc3)n2)cn1. The first-order valence-corrected chi connectivity index (χ1v) is 7.45. The Morgan fingerprint density at radius 3 is 2.83 bits per heavy atom. The Balaban J connectivity index is 1.57. The van der Waals surface area contributed by atoms with Crippen LogP contribution in [0, 0.1) is 0 Å². The molecule has 0 spiro atoms. The van der Waals surface area contributed by atoms with Crippen molar-refractivity contribution in [2.75, 3.05) is 24.4 Å². The van der Waals surface area contributed by atoms with Gasteiger partial charge in [-0.15, -0.1) is 5.10 Å². The number of nitrogens with one attached hydrogen (secondary N) is 2. The molecule has 1 aromatic carbocycles. The lowest BCUT2D eigenvalue weighted by molar-refractivity contribution is 0.183. The van der Waals surface area contributed by atoms with Crippen LogP contribution in [0.1, 0.15) is 0 Å². The predicted octanol–water partition coefficient (Wildman–Crippen LogP) is 2.36. The summed E-state index contributed by atoms with van der Waals surface area (Å²) in [5.41, 5.74) is 1.52. The van der Waals surface area contributed by atoms with E-state index >= 15 is 0 Å². The maximum atomic E-state index is 12.0. The third-order valence-corrected chi connectivity index (χ3v) is 3.27. The number of rotatable bonds is 6. The Morgan fingerprint density at radius 2 is 2.04 bits per heavy atom. The molecular weight excluding hydrogens is 308 g/mol. The summed E-state index contributed by atoms with van der Waals surface area (Å²) in [5.74, 6) is 0.461. The molecule has 2 N–H and O–H groups in total. The summed E-state index contributed by atoms with van der Waals surface area (Å²) >= 11 is 0. The van der Waals surface area contributed by atoms with Crippen LogP contribution < -0.4 is 10.6 Å². The number of carbonyl (C=O) groups excluding carboxylic acids is 1. The Kier molecular flexibility index (Phi) is 4.87. The van der Waals surface area contributed by atoms with Crippen LogP contribution in [0.15, 0.2) is 55.0 Å². The van der Waals surface area contributed by atoms with Crippen LogP contribution in [0.25, 0.3) is 5.69 Å². The van der Waals surface area contributed by atoms with E-state index in [1.165, 1.54) is 0 Å². The van der Waals surface area contributed by atoms with E-state index < -0.39 is 0 Å². The van der Waals surface area contributed by atoms with Gasteiger partial charge in [0.05, 0.1) is 30.7 Å². The molecule has 124 valence electrons. The number of methoxy groups -OCH3 is 1. The first kappa shape index (κ1) is 15.8. The fourth-order valence-electron chi connectivity index (χ4n) is 2.13. The van der Waals surface area contributed by atoms with Gasteiger partial charge in [0.2, 0.25) is 0 Å². The molecule has 2 amide bonds. The zero-order chi connectivity index (χ0) is 16.8. The molecule has 24 heavy (non-hydrogen) atoms. The van der Waals surface area contributed by atoms with Crippen LogP contribution in [-0.4, -0.2) is 39.3 Å². The number of urea groups is 1. The first-order chi connectivity index (χ1) is 11.7. The Bertz CT molecular complexity index is 796. The van der Waals surface area contributed by atoms with Crippen LogP contribution in [0.5, 0.6) is 0 Å². The molecule has 0 saturated carbocycles. The summed E-state index contributed by atoms with van der Waals surface area (Å²) in [7, 11) is 1.63. The van der Waals surface area contributed by atoms with Gasteiger partial charge in [0.1, 0.15) is 0 Å². The Labute approximate surface area is 139 Å². The second kappa shape index (κ2) is 7.42. The van der Waals surface area contributed by atoms with Gasteiger partial charge in [0, 0.05) is 25.6 Å². The van der Waals surface area contributed by atoms with Crippen molar-refractivity contribution in [1.82, 2.24) is 19.6 Å². The van der Waals surface area contributed by atoms with Gasteiger partial charge in [0.25, 0.3) is 0 Å². The predicted molar refractivity (Wildman–Crippen MR) is 90.3 cm³/mol. The van der Waals surface area contributed by atoms with Crippen molar-refractivity contribution in [3.8, 4) is 5.69 Å². The molecule has 8 heteroatoms. The molecule has 0 aliphatic rings. The largest absolute Gasteiger partial charge is 0.383 e.